The average molecular weight is 355 g/mol. The van der Waals surface area contributed by atoms with Crippen molar-refractivity contribution in [3.05, 3.63) is 12.2 Å². The molecule has 5 saturated carbocycles. The molecule has 5 aliphatic carbocycles. The maximum absolute atomic E-state index is 13.0. The van der Waals surface area contributed by atoms with Crippen molar-refractivity contribution in [2.24, 2.45) is 39.9 Å². The summed E-state index contributed by atoms with van der Waals surface area (Å²) in [5, 5.41) is 11.4. The summed E-state index contributed by atoms with van der Waals surface area (Å²) in [5.41, 5.74) is 1.03. The first kappa shape index (κ1) is 15.2. The molecule has 0 aromatic heterocycles. The van der Waals surface area contributed by atoms with Gasteiger partial charge in [-0.2, -0.15) is 0 Å². The van der Waals surface area contributed by atoms with Gasteiger partial charge in [0.2, 0.25) is 0 Å². The molecule has 4 aliphatic heterocycles. The van der Waals surface area contributed by atoms with Crippen LogP contribution in [-0.2, 0) is 9.53 Å². The topological polar surface area (TPSA) is 49.8 Å². The number of aliphatic hydroxyl groups excluding tert-OH is 1. The highest BCUT2D eigenvalue weighted by Gasteiger charge is 2.88. The van der Waals surface area contributed by atoms with Crippen LogP contribution in [0.15, 0.2) is 12.2 Å². The van der Waals surface area contributed by atoms with E-state index in [1.54, 1.807) is 0 Å². The monoisotopic (exact) mass is 355 g/mol. The number of piperidine rings is 1. The third kappa shape index (κ3) is 1.11. The summed E-state index contributed by atoms with van der Waals surface area (Å²) in [7, 11) is 0. The largest absolute Gasteiger partial charge is 0.388 e. The van der Waals surface area contributed by atoms with Crippen LogP contribution in [0.3, 0.4) is 0 Å². The summed E-state index contributed by atoms with van der Waals surface area (Å²) < 4.78 is 6.75. The lowest BCUT2D eigenvalue weighted by Gasteiger charge is -2.73. The third-order valence-corrected chi connectivity index (χ3v) is 10.8. The molecule has 0 aromatic rings. The van der Waals surface area contributed by atoms with E-state index in [1.165, 1.54) is 12.8 Å². The second-order valence-corrected chi connectivity index (χ2v) is 10.8. The molecule has 2 spiro atoms. The smallest absolute Gasteiger partial charge is 0.140 e. The van der Waals surface area contributed by atoms with E-state index in [1.807, 2.05) is 0 Å². The molecule has 9 bridgehead atoms. The number of hydrogen-bond donors (Lipinski definition) is 1. The molecular weight excluding hydrogens is 326 g/mol. The van der Waals surface area contributed by atoms with Gasteiger partial charge in [0.15, 0.2) is 0 Å². The van der Waals surface area contributed by atoms with Crippen LogP contribution >= 0.6 is 0 Å². The van der Waals surface area contributed by atoms with Crippen LogP contribution in [0.25, 0.3) is 0 Å². The lowest BCUT2D eigenvalue weighted by atomic mass is 9.41. The number of carbonyl (C=O) groups excluding carboxylic acids is 1. The van der Waals surface area contributed by atoms with Gasteiger partial charge >= 0.3 is 0 Å². The molecule has 9 fully saturated rings. The Labute approximate surface area is 155 Å². The Morgan fingerprint density at radius 1 is 1.38 bits per heavy atom. The first-order valence-electron chi connectivity index (χ1n) is 10.7. The number of carbonyl (C=O) groups is 1. The number of ketones is 1. The van der Waals surface area contributed by atoms with Crippen molar-refractivity contribution >= 4 is 5.78 Å². The molecule has 0 amide bonds. The number of rotatable bonds is 1. The SMILES string of the molecule is C=C1[C@@H]2C[C@@]3(C4C[C@H]5C6([C@@H]7CC[C@@]5(C)[C@H](O7)N(CC)[C@H]46)[C@@H]3CC2=O)[C@@H]1O. The zero-order valence-corrected chi connectivity index (χ0v) is 15.8. The van der Waals surface area contributed by atoms with E-state index in [0.29, 0.717) is 42.1 Å². The van der Waals surface area contributed by atoms with Gasteiger partial charge in [-0.05, 0) is 55.6 Å². The third-order valence-electron chi connectivity index (χ3n) is 10.8. The first-order valence-corrected chi connectivity index (χ1v) is 10.7. The highest BCUT2D eigenvalue weighted by molar-refractivity contribution is 5.87. The van der Waals surface area contributed by atoms with Crippen molar-refractivity contribution in [1.29, 1.82) is 0 Å². The summed E-state index contributed by atoms with van der Waals surface area (Å²) in [6, 6.07) is 0.506. The Morgan fingerprint density at radius 3 is 2.96 bits per heavy atom. The lowest BCUT2D eigenvalue weighted by Crippen LogP contribution is -2.78. The summed E-state index contributed by atoms with van der Waals surface area (Å²) in [5.74, 6) is 1.74. The van der Waals surface area contributed by atoms with Crippen LogP contribution in [0.2, 0.25) is 0 Å². The molecule has 2 unspecified atom stereocenters. The van der Waals surface area contributed by atoms with E-state index in [0.717, 1.165) is 25.0 Å². The zero-order valence-electron chi connectivity index (χ0n) is 15.8. The number of nitrogens with zero attached hydrogens (tertiary/aromatic N) is 1. The minimum absolute atomic E-state index is 0.0853. The molecule has 140 valence electrons. The van der Waals surface area contributed by atoms with Gasteiger partial charge in [-0.15, -0.1) is 0 Å². The number of Topliss-reactive ketones (excluding diaryl/α,β-unsaturated/α-hetero) is 1. The minimum atomic E-state index is -0.487. The predicted octanol–water partition coefficient (Wildman–Crippen LogP) is 2.36. The summed E-state index contributed by atoms with van der Waals surface area (Å²) in [6.07, 6.45) is 5.21. The van der Waals surface area contributed by atoms with Gasteiger partial charge in [-0.25, -0.2) is 0 Å². The quantitative estimate of drug-likeness (QED) is 0.734. The van der Waals surface area contributed by atoms with Gasteiger partial charge in [0.1, 0.15) is 12.0 Å². The fraction of sp³-hybridized carbons (Fsp3) is 0.864. The summed E-state index contributed by atoms with van der Waals surface area (Å²) >= 11 is 0. The highest BCUT2D eigenvalue weighted by Crippen LogP contribution is 2.86. The second kappa shape index (κ2) is 4.01. The van der Waals surface area contributed by atoms with Crippen LogP contribution in [-0.4, -0.2) is 46.8 Å². The molecule has 4 heterocycles. The normalized spacial score (nSPS) is 66.7. The van der Waals surface area contributed by atoms with Gasteiger partial charge in [-0.3, -0.25) is 9.69 Å². The fourth-order valence-electron chi connectivity index (χ4n) is 10.3. The van der Waals surface area contributed by atoms with E-state index in [9.17, 15) is 9.90 Å². The standard InChI is InChI=1S/C22H29NO3/c1-4-23-17-12-7-14-20(3)6-5-16(26-19(20)23)22(14,17)15-8-13(24)11-9-21(12,15)18(25)10(11)2/h11-12,14-19,25H,2,4-9H2,1,3H3/t11-,12?,14+,15+,16-,17+,18+,19-,20+,21-,22?/m0/s1. The van der Waals surface area contributed by atoms with Crippen LogP contribution < -0.4 is 0 Å². The molecule has 4 nitrogen and oxygen atoms in total. The predicted molar refractivity (Wildman–Crippen MR) is 95.0 cm³/mol. The molecular formula is C22H29NO3. The minimum Gasteiger partial charge on any atom is -0.388 e. The van der Waals surface area contributed by atoms with Gasteiger partial charge in [0.25, 0.3) is 0 Å². The van der Waals surface area contributed by atoms with Gasteiger partial charge in [-0.1, -0.05) is 20.4 Å². The Kier molecular flexibility index (Phi) is 2.35. The van der Waals surface area contributed by atoms with Crippen molar-refractivity contribution < 1.29 is 14.6 Å². The lowest BCUT2D eigenvalue weighted by molar-refractivity contribution is -0.370. The second-order valence-electron chi connectivity index (χ2n) is 10.8. The average Bonchev–Trinajstić information content (AvgIpc) is 3.17. The zero-order chi connectivity index (χ0) is 17.8. The van der Waals surface area contributed by atoms with Gasteiger partial charge < -0.3 is 9.84 Å². The fourth-order valence-corrected chi connectivity index (χ4v) is 10.3. The number of ether oxygens (including phenoxy) is 1. The van der Waals surface area contributed by atoms with Crippen LogP contribution in [0.4, 0.5) is 0 Å². The molecule has 26 heavy (non-hydrogen) atoms. The van der Waals surface area contributed by atoms with Crippen molar-refractivity contribution in [2.45, 2.75) is 70.4 Å². The molecule has 9 aliphatic rings. The van der Waals surface area contributed by atoms with Crippen LogP contribution in [0.5, 0.6) is 0 Å². The maximum Gasteiger partial charge on any atom is 0.140 e. The van der Waals surface area contributed by atoms with E-state index in [2.05, 4.69) is 25.3 Å². The summed E-state index contributed by atoms with van der Waals surface area (Å²) in [6.45, 7) is 9.94. The highest BCUT2D eigenvalue weighted by atomic mass is 16.5. The van der Waals surface area contributed by atoms with Crippen LogP contribution in [0.1, 0.15) is 46.0 Å². The Morgan fingerprint density at radius 2 is 2.19 bits per heavy atom. The first-order chi connectivity index (χ1) is 12.4. The Bertz CT molecular complexity index is 779. The maximum atomic E-state index is 13.0. The molecule has 4 saturated heterocycles. The van der Waals surface area contributed by atoms with Crippen molar-refractivity contribution in [3.8, 4) is 0 Å². The Hall–Kier alpha value is -0.710. The number of fused-ring (bicyclic) bond motifs is 2. The molecule has 1 N–H and O–H groups in total. The van der Waals surface area contributed by atoms with Crippen molar-refractivity contribution in [1.82, 2.24) is 4.90 Å². The van der Waals surface area contributed by atoms with Crippen molar-refractivity contribution in [3.63, 3.8) is 0 Å². The Balaban J connectivity index is 1.52. The molecule has 4 heteroatoms. The number of hydrogen-bond acceptors (Lipinski definition) is 4. The molecule has 11 atom stereocenters. The van der Waals surface area contributed by atoms with E-state index < -0.39 is 6.10 Å². The number of aliphatic hydroxyl groups is 1. The van der Waals surface area contributed by atoms with E-state index >= 15 is 0 Å². The van der Waals surface area contributed by atoms with Gasteiger partial charge in [0, 0.05) is 34.6 Å². The molecule has 9 rings (SSSR count). The van der Waals surface area contributed by atoms with Crippen LogP contribution in [0, 0.1) is 39.9 Å². The molecule has 0 radical (unpaired) electrons. The van der Waals surface area contributed by atoms with E-state index in [4.69, 9.17) is 4.74 Å². The van der Waals surface area contributed by atoms with Crippen molar-refractivity contribution in [2.75, 3.05) is 6.54 Å². The van der Waals surface area contributed by atoms with E-state index in [-0.39, 0.29) is 28.4 Å². The molecule has 0 aromatic carbocycles. The van der Waals surface area contributed by atoms with Gasteiger partial charge in [0.05, 0.1) is 12.2 Å². The summed E-state index contributed by atoms with van der Waals surface area (Å²) in [4.78, 5) is 15.7.